The van der Waals surface area contributed by atoms with Crippen LogP contribution in [0, 0.1) is 12.7 Å². The molecule has 4 rings (SSSR count). The van der Waals surface area contributed by atoms with Crippen LogP contribution in [-0.2, 0) is 6.54 Å². The highest BCUT2D eigenvalue weighted by Gasteiger charge is 2.20. The normalized spacial score (nSPS) is 11.9. The molecule has 0 saturated carbocycles. The summed E-state index contributed by atoms with van der Waals surface area (Å²) in [4.78, 5) is 33.1. The molecule has 0 radical (unpaired) electrons. The van der Waals surface area contributed by atoms with Crippen LogP contribution in [0.5, 0.6) is 0 Å². The Morgan fingerprint density at radius 1 is 1.21 bits per heavy atom. The lowest BCUT2D eigenvalue weighted by molar-refractivity contribution is 0.0691. The molecular weight excluding hydrogens is 461 g/mol. The fraction of sp³-hybridized carbons (Fsp3) is 0.167. The van der Waals surface area contributed by atoms with E-state index in [-0.39, 0.29) is 22.2 Å². The Morgan fingerprint density at radius 2 is 1.94 bits per heavy atom. The second kappa shape index (κ2) is 9.48. The number of halogens is 2. The second-order valence-electron chi connectivity index (χ2n) is 7.74. The van der Waals surface area contributed by atoms with E-state index in [1.54, 1.807) is 13.8 Å². The number of carboxylic acids is 1. The fourth-order valence-corrected chi connectivity index (χ4v) is 3.76. The van der Waals surface area contributed by atoms with Gasteiger partial charge in [-0.2, -0.15) is 0 Å². The first-order valence-electron chi connectivity index (χ1n) is 10.4. The standard InChI is InChI=1S/C24H21ClFN5O3/c1-13-21(27-11-15-6-4-3-5-7-15)30-22-17(10-16(26)12-31(22)23(13)32)14(2)28-18-8-9-19(25)29-20(18)24(33)34/h3-10,12,14,27-28H,11H2,1-2H3,(H,33,34)/t14-/m1/s1. The Bertz CT molecular complexity index is 1440. The van der Waals surface area contributed by atoms with Crippen molar-refractivity contribution in [1.82, 2.24) is 14.4 Å². The van der Waals surface area contributed by atoms with Crippen LogP contribution in [0.4, 0.5) is 15.9 Å². The monoisotopic (exact) mass is 481 g/mol. The van der Waals surface area contributed by atoms with Gasteiger partial charge in [0.2, 0.25) is 0 Å². The number of benzene rings is 1. The molecule has 0 aliphatic rings. The molecule has 0 unspecified atom stereocenters. The minimum absolute atomic E-state index is 0.0321. The van der Waals surface area contributed by atoms with Crippen molar-refractivity contribution in [1.29, 1.82) is 0 Å². The zero-order valence-electron chi connectivity index (χ0n) is 18.3. The third kappa shape index (κ3) is 4.69. The van der Waals surface area contributed by atoms with Crippen molar-refractivity contribution in [3.8, 4) is 0 Å². The van der Waals surface area contributed by atoms with Crippen molar-refractivity contribution < 1.29 is 14.3 Å². The summed E-state index contributed by atoms with van der Waals surface area (Å²) in [5.74, 6) is -1.51. The van der Waals surface area contributed by atoms with E-state index in [1.165, 1.54) is 18.2 Å². The van der Waals surface area contributed by atoms with Gasteiger partial charge in [-0.05, 0) is 37.6 Å². The molecule has 174 valence electrons. The predicted molar refractivity (Wildman–Crippen MR) is 128 cm³/mol. The van der Waals surface area contributed by atoms with Crippen molar-refractivity contribution in [3.05, 3.63) is 98.4 Å². The molecule has 0 bridgehead atoms. The van der Waals surface area contributed by atoms with Gasteiger partial charge in [-0.1, -0.05) is 41.9 Å². The lowest BCUT2D eigenvalue weighted by Crippen LogP contribution is -2.23. The number of aromatic nitrogens is 3. The smallest absolute Gasteiger partial charge is 0.356 e. The molecule has 3 N–H and O–H groups in total. The summed E-state index contributed by atoms with van der Waals surface area (Å²) in [7, 11) is 0. The highest BCUT2D eigenvalue weighted by Crippen LogP contribution is 2.26. The van der Waals surface area contributed by atoms with E-state index in [4.69, 9.17) is 11.6 Å². The first kappa shape index (κ1) is 23.2. The molecule has 0 saturated heterocycles. The lowest BCUT2D eigenvalue weighted by Gasteiger charge is -2.19. The third-order valence-corrected chi connectivity index (χ3v) is 5.56. The van der Waals surface area contributed by atoms with Gasteiger partial charge < -0.3 is 15.7 Å². The molecule has 3 heterocycles. The average Bonchev–Trinajstić information content (AvgIpc) is 2.82. The van der Waals surface area contributed by atoms with Crippen LogP contribution >= 0.6 is 11.6 Å². The molecule has 34 heavy (non-hydrogen) atoms. The molecule has 4 aromatic rings. The van der Waals surface area contributed by atoms with Crippen molar-refractivity contribution in [2.24, 2.45) is 0 Å². The summed E-state index contributed by atoms with van der Waals surface area (Å²) in [6.45, 7) is 3.78. The summed E-state index contributed by atoms with van der Waals surface area (Å²) in [6, 6.07) is 13.2. The Balaban J connectivity index is 1.76. The molecule has 8 nitrogen and oxygen atoms in total. The summed E-state index contributed by atoms with van der Waals surface area (Å²) in [6.07, 6.45) is 1.08. The van der Waals surface area contributed by atoms with Crippen LogP contribution in [0.25, 0.3) is 5.65 Å². The summed E-state index contributed by atoms with van der Waals surface area (Å²) >= 11 is 5.83. The minimum Gasteiger partial charge on any atom is -0.476 e. The Hall–Kier alpha value is -3.98. The molecule has 0 aliphatic heterocycles. The molecule has 1 aromatic carbocycles. The zero-order chi connectivity index (χ0) is 24.4. The first-order valence-corrected chi connectivity index (χ1v) is 10.8. The summed E-state index contributed by atoms with van der Waals surface area (Å²) in [5, 5.41) is 15.7. The fourth-order valence-electron chi connectivity index (χ4n) is 3.62. The van der Waals surface area contributed by atoms with Crippen LogP contribution in [0.2, 0.25) is 5.15 Å². The number of aromatic carboxylic acids is 1. The first-order chi connectivity index (χ1) is 16.2. The van der Waals surface area contributed by atoms with E-state index in [9.17, 15) is 19.1 Å². The van der Waals surface area contributed by atoms with Gasteiger partial charge in [0.15, 0.2) is 5.69 Å². The van der Waals surface area contributed by atoms with Crippen molar-refractivity contribution in [2.45, 2.75) is 26.4 Å². The Labute approximate surface area is 199 Å². The molecule has 0 spiro atoms. The van der Waals surface area contributed by atoms with E-state index in [0.29, 0.717) is 23.5 Å². The minimum atomic E-state index is -1.27. The maximum absolute atomic E-state index is 14.5. The van der Waals surface area contributed by atoms with E-state index in [0.717, 1.165) is 16.2 Å². The molecule has 10 heteroatoms. The highest BCUT2D eigenvalue weighted by molar-refractivity contribution is 6.29. The largest absolute Gasteiger partial charge is 0.476 e. The van der Waals surface area contributed by atoms with Gasteiger partial charge in [0, 0.05) is 18.3 Å². The number of fused-ring (bicyclic) bond motifs is 1. The van der Waals surface area contributed by atoms with E-state index < -0.39 is 23.4 Å². The van der Waals surface area contributed by atoms with Crippen molar-refractivity contribution in [2.75, 3.05) is 10.6 Å². The number of hydrogen-bond acceptors (Lipinski definition) is 6. The van der Waals surface area contributed by atoms with Crippen molar-refractivity contribution in [3.63, 3.8) is 0 Å². The van der Waals surface area contributed by atoms with Crippen LogP contribution in [0.15, 0.2) is 59.5 Å². The summed E-state index contributed by atoms with van der Waals surface area (Å²) in [5.41, 5.74) is 1.48. The number of carbonyl (C=O) groups is 1. The van der Waals surface area contributed by atoms with E-state index in [1.807, 2.05) is 30.3 Å². The van der Waals surface area contributed by atoms with Gasteiger partial charge in [0.1, 0.15) is 22.4 Å². The molecule has 0 fully saturated rings. The number of pyridine rings is 2. The average molecular weight is 482 g/mol. The zero-order valence-corrected chi connectivity index (χ0v) is 19.1. The Morgan fingerprint density at radius 3 is 2.65 bits per heavy atom. The molecule has 0 amide bonds. The van der Waals surface area contributed by atoms with Gasteiger partial charge in [0.05, 0.1) is 17.3 Å². The summed E-state index contributed by atoms with van der Waals surface area (Å²) < 4.78 is 15.6. The lowest BCUT2D eigenvalue weighted by atomic mass is 10.1. The topological polar surface area (TPSA) is 109 Å². The van der Waals surface area contributed by atoms with E-state index >= 15 is 0 Å². The van der Waals surface area contributed by atoms with Crippen molar-refractivity contribution >= 4 is 34.7 Å². The number of rotatable bonds is 7. The molecule has 0 aliphatic carbocycles. The van der Waals surface area contributed by atoms with Crippen LogP contribution in [-0.4, -0.2) is 25.4 Å². The van der Waals surface area contributed by atoms with Gasteiger partial charge in [-0.25, -0.2) is 19.2 Å². The van der Waals surface area contributed by atoms with Crippen LogP contribution in [0.3, 0.4) is 0 Å². The molecular formula is C24H21ClFN5O3. The Kier molecular flexibility index (Phi) is 6.47. The van der Waals surface area contributed by atoms with Crippen LogP contribution in [0.1, 0.15) is 40.1 Å². The number of carboxylic acid groups (broad SMARTS) is 1. The number of nitrogens with one attached hydrogen (secondary N) is 2. The predicted octanol–water partition coefficient (Wildman–Crippen LogP) is 4.67. The van der Waals surface area contributed by atoms with Gasteiger partial charge in [0.25, 0.3) is 5.56 Å². The maximum Gasteiger partial charge on any atom is 0.356 e. The number of hydrogen-bond donors (Lipinski definition) is 3. The van der Waals surface area contributed by atoms with Crippen LogP contribution < -0.4 is 16.2 Å². The SMILES string of the molecule is Cc1c(NCc2ccccc2)nc2c([C@@H](C)Nc3ccc(Cl)nc3C(=O)O)cc(F)cn2c1=O. The number of anilines is 2. The second-order valence-corrected chi connectivity index (χ2v) is 8.13. The highest BCUT2D eigenvalue weighted by atomic mass is 35.5. The van der Waals surface area contributed by atoms with E-state index in [2.05, 4.69) is 20.6 Å². The quantitative estimate of drug-likeness (QED) is 0.329. The molecule has 1 atom stereocenters. The van der Waals surface area contributed by atoms with Gasteiger partial charge in [-0.15, -0.1) is 0 Å². The number of nitrogens with zero attached hydrogens (tertiary/aromatic N) is 3. The third-order valence-electron chi connectivity index (χ3n) is 5.35. The van der Waals surface area contributed by atoms with Gasteiger partial charge in [-0.3, -0.25) is 9.20 Å². The molecule has 3 aromatic heterocycles. The van der Waals surface area contributed by atoms with Gasteiger partial charge >= 0.3 is 5.97 Å². The maximum atomic E-state index is 14.5.